The Kier molecular flexibility index (Phi) is 4.77. The molecule has 0 saturated carbocycles. The van der Waals surface area contributed by atoms with Crippen molar-refractivity contribution in [2.45, 2.75) is 0 Å². The van der Waals surface area contributed by atoms with E-state index in [9.17, 15) is 0 Å². The van der Waals surface area contributed by atoms with Crippen LogP contribution in [0.3, 0.4) is 0 Å². The van der Waals surface area contributed by atoms with Crippen LogP contribution in [-0.2, 0) is 16.5 Å². The number of hydrogen-bond donors (Lipinski definition) is 4. The third kappa shape index (κ3) is 110. The Hall–Kier alpha value is 0.792. The SMILES string of the molecule is Cl.[NH2][Pd]([NH2])([NH2])[NH2]. The van der Waals surface area contributed by atoms with Gasteiger partial charge in [-0.3, -0.25) is 0 Å². The van der Waals surface area contributed by atoms with Crippen LogP contribution in [-0.4, -0.2) is 0 Å². The molecule has 4 nitrogen and oxygen atoms in total. The van der Waals surface area contributed by atoms with Crippen LogP contribution in [0.4, 0.5) is 0 Å². The summed E-state index contributed by atoms with van der Waals surface area (Å²) in [6.45, 7) is 0. The molecule has 6 heavy (non-hydrogen) atoms. The number of nitrogens with two attached hydrogens (primary N) is 4. The molecule has 0 rings (SSSR count). The molecule has 6 heteroatoms. The predicted octanol–water partition coefficient (Wildman–Crippen LogP) is -1.94. The molecule has 0 aliphatic rings. The first-order chi connectivity index (χ1) is 2.00. The molecule has 0 aromatic heterocycles. The summed E-state index contributed by atoms with van der Waals surface area (Å²) in [5.41, 5.74) is 0. The molecule has 0 aliphatic carbocycles. The summed E-state index contributed by atoms with van der Waals surface area (Å²) in [5, 5.41) is 0. The van der Waals surface area contributed by atoms with E-state index < -0.39 is 16.5 Å². The van der Waals surface area contributed by atoms with E-state index in [1.165, 1.54) is 0 Å². The van der Waals surface area contributed by atoms with Crippen molar-refractivity contribution in [1.82, 2.24) is 0 Å². The van der Waals surface area contributed by atoms with Crippen molar-refractivity contribution in [2.75, 3.05) is 0 Å². The molecule has 0 atom stereocenters. The zero-order chi connectivity index (χ0) is 4.50. The van der Waals surface area contributed by atoms with Crippen molar-refractivity contribution in [3.63, 3.8) is 0 Å². The van der Waals surface area contributed by atoms with E-state index in [0.29, 0.717) is 0 Å². The molecule has 0 aliphatic heterocycles. The fourth-order valence-corrected chi connectivity index (χ4v) is 0. The monoisotopic (exact) mass is 206 g/mol. The second kappa shape index (κ2) is 2.88. The number of rotatable bonds is 0. The number of hydrogen-bond acceptors (Lipinski definition) is 4. The van der Waals surface area contributed by atoms with Gasteiger partial charge in [-0.15, -0.1) is 12.4 Å². The molecule has 46 valence electrons. The van der Waals surface area contributed by atoms with Crippen molar-refractivity contribution < 1.29 is 16.5 Å². The molecule has 8 N–H and O–H groups in total. The van der Waals surface area contributed by atoms with Crippen LogP contribution in [0.25, 0.3) is 0 Å². The van der Waals surface area contributed by atoms with Gasteiger partial charge in [0.05, 0.1) is 0 Å². The van der Waals surface area contributed by atoms with Gasteiger partial charge >= 0.3 is 34.0 Å². The van der Waals surface area contributed by atoms with E-state index in [4.69, 9.17) is 17.5 Å². The van der Waals surface area contributed by atoms with Crippen molar-refractivity contribution in [3.8, 4) is 0 Å². The van der Waals surface area contributed by atoms with E-state index in [0.717, 1.165) is 0 Å². The average molecular weight is 207 g/mol. The van der Waals surface area contributed by atoms with Crippen molar-refractivity contribution in [3.05, 3.63) is 0 Å². The first kappa shape index (κ1) is 9.92. The Morgan fingerprint density at radius 3 is 0.833 bits per heavy atom. The third-order valence-corrected chi connectivity index (χ3v) is 0. The fraction of sp³-hybridized carbons (Fsp3) is 0. The predicted molar refractivity (Wildman–Crippen MR) is 24.0 cm³/mol. The van der Waals surface area contributed by atoms with Gasteiger partial charge in [0.15, 0.2) is 0 Å². The molecule has 0 heterocycles. The molecular weight excluding hydrogens is 198 g/mol. The van der Waals surface area contributed by atoms with Gasteiger partial charge in [0, 0.05) is 0 Å². The zero-order valence-electron chi connectivity index (χ0n) is 3.03. The summed E-state index contributed by atoms with van der Waals surface area (Å²) in [6, 6.07) is 0. The van der Waals surface area contributed by atoms with Gasteiger partial charge < -0.3 is 0 Å². The van der Waals surface area contributed by atoms with Crippen molar-refractivity contribution in [2.24, 2.45) is 17.5 Å². The Bertz CT molecular complexity index is 23.0. The van der Waals surface area contributed by atoms with E-state index >= 15 is 0 Å². The Morgan fingerprint density at radius 2 is 0.833 bits per heavy atom. The van der Waals surface area contributed by atoms with Crippen LogP contribution >= 0.6 is 12.4 Å². The van der Waals surface area contributed by atoms with Gasteiger partial charge in [-0.05, 0) is 0 Å². The minimum atomic E-state index is -2.70. The Labute approximate surface area is 46.8 Å². The van der Waals surface area contributed by atoms with Crippen LogP contribution < -0.4 is 17.5 Å². The fourth-order valence-electron chi connectivity index (χ4n) is 0. The van der Waals surface area contributed by atoms with Crippen LogP contribution in [0.2, 0.25) is 0 Å². The van der Waals surface area contributed by atoms with Crippen LogP contribution in [0.5, 0.6) is 0 Å². The van der Waals surface area contributed by atoms with Gasteiger partial charge in [0.2, 0.25) is 0 Å². The van der Waals surface area contributed by atoms with Gasteiger partial charge in [0.1, 0.15) is 0 Å². The normalized spacial score (nSPS) is 12.7. The van der Waals surface area contributed by atoms with Gasteiger partial charge in [-0.2, -0.15) is 0 Å². The van der Waals surface area contributed by atoms with Gasteiger partial charge in [-0.25, -0.2) is 0 Å². The first-order valence-electron chi connectivity index (χ1n) is 0.730. The molecular formula is H9ClN4Pd. The first-order valence-corrected chi connectivity index (χ1v) is 4.32. The Balaban J connectivity index is 0. The summed E-state index contributed by atoms with van der Waals surface area (Å²) in [6.07, 6.45) is 0. The van der Waals surface area contributed by atoms with Gasteiger partial charge in [-0.1, -0.05) is 0 Å². The quantitative estimate of drug-likeness (QED) is 0.346. The van der Waals surface area contributed by atoms with Crippen LogP contribution in [0, 0.1) is 0 Å². The van der Waals surface area contributed by atoms with Gasteiger partial charge in [0.25, 0.3) is 0 Å². The van der Waals surface area contributed by atoms with E-state index in [2.05, 4.69) is 0 Å². The third-order valence-electron chi connectivity index (χ3n) is 0. The van der Waals surface area contributed by atoms with Crippen LogP contribution in [0.1, 0.15) is 0 Å². The van der Waals surface area contributed by atoms with Crippen LogP contribution in [0.15, 0.2) is 0 Å². The average Bonchev–Trinajstić information content (AvgIpc) is 0.722. The van der Waals surface area contributed by atoms with Crippen molar-refractivity contribution in [1.29, 1.82) is 0 Å². The molecule has 0 spiro atoms. The summed E-state index contributed by atoms with van der Waals surface area (Å²) in [4.78, 5) is 0. The summed E-state index contributed by atoms with van der Waals surface area (Å²) in [7, 11) is 0. The topological polar surface area (TPSA) is 104 Å². The molecule has 0 aromatic rings. The summed E-state index contributed by atoms with van der Waals surface area (Å²) < 4.78 is 19.4. The second-order valence-corrected chi connectivity index (χ2v) is 3.74. The Morgan fingerprint density at radius 1 is 0.833 bits per heavy atom. The molecule has 0 amide bonds. The van der Waals surface area contributed by atoms with E-state index in [1.54, 1.807) is 0 Å². The molecule has 0 unspecified atom stereocenters. The zero-order valence-corrected chi connectivity index (χ0v) is 5.40. The molecule has 0 fully saturated rings. The standard InChI is InChI=1S/ClH.4H2N.Pd/h1H;4*1H2;/q;4*-1;+4. The summed E-state index contributed by atoms with van der Waals surface area (Å²) >= 11 is -2.70. The molecule has 0 bridgehead atoms. The maximum atomic E-state index is 4.84. The second-order valence-electron chi connectivity index (χ2n) is 0.632. The molecule has 0 radical (unpaired) electrons. The minimum absolute atomic E-state index is 0. The number of halogens is 1. The maximum absolute atomic E-state index is 4.84. The van der Waals surface area contributed by atoms with Crippen molar-refractivity contribution >= 4 is 12.4 Å². The summed E-state index contributed by atoms with van der Waals surface area (Å²) in [5.74, 6) is 0. The van der Waals surface area contributed by atoms with E-state index in [-0.39, 0.29) is 12.4 Å². The molecule has 0 aromatic carbocycles. The molecule has 0 saturated heterocycles. The van der Waals surface area contributed by atoms with E-state index in [1.807, 2.05) is 0 Å².